The maximum Gasteiger partial charge on any atom is 0.203 e. The molecular weight excluding hydrogens is 268 g/mol. The largest absolute Gasteiger partial charge is 0.493 e. The van der Waals surface area contributed by atoms with Gasteiger partial charge in [-0.2, -0.15) is 0 Å². The molecule has 0 aromatic heterocycles. The maximum absolute atomic E-state index is 12.2. The monoisotopic (exact) mass is 286 g/mol. The number of ether oxygens (including phenoxy) is 2. The fourth-order valence-corrected chi connectivity index (χ4v) is 1.94. The maximum atomic E-state index is 12.2. The second kappa shape index (κ2) is 7.45. The summed E-state index contributed by atoms with van der Waals surface area (Å²) in [6.45, 7) is 2.25. The van der Waals surface area contributed by atoms with Gasteiger partial charge in [0.15, 0.2) is 6.61 Å². The number of ketones is 1. The molecule has 2 aromatic carbocycles. The summed E-state index contributed by atoms with van der Waals surface area (Å²) in [5.41, 5.74) is 1.26. The van der Waals surface area contributed by atoms with E-state index in [0.717, 1.165) is 5.56 Å². The van der Waals surface area contributed by atoms with Gasteiger partial charge in [-0.25, -0.2) is 0 Å². The lowest BCUT2D eigenvalue weighted by atomic mass is 10.1. The van der Waals surface area contributed by atoms with Crippen molar-refractivity contribution in [2.75, 3.05) is 13.2 Å². The summed E-state index contributed by atoms with van der Waals surface area (Å²) in [4.78, 5) is 12.2. The zero-order valence-corrected chi connectivity index (χ0v) is 11.9. The first-order valence-corrected chi connectivity index (χ1v) is 6.82. The Kier molecular flexibility index (Phi) is 5.35. The molecular formula is C17H18O4. The minimum atomic E-state index is -0.145. The SMILES string of the molecule is CCOc1ccccc1C(=O)COc1cccc(CO)c1. The van der Waals surface area contributed by atoms with E-state index < -0.39 is 0 Å². The summed E-state index contributed by atoms with van der Waals surface area (Å²) in [6.07, 6.45) is 0. The highest BCUT2D eigenvalue weighted by Gasteiger charge is 2.12. The summed E-state index contributed by atoms with van der Waals surface area (Å²) >= 11 is 0. The summed E-state index contributed by atoms with van der Waals surface area (Å²) in [5, 5.41) is 9.07. The van der Waals surface area contributed by atoms with E-state index in [-0.39, 0.29) is 19.0 Å². The van der Waals surface area contributed by atoms with Crippen molar-refractivity contribution in [1.82, 2.24) is 0 Å². The molecule has 0 atom stereocenters. The predicted molar refractivity (Wildman–Crippen MR) is 79.8 cm³/mol. The van der Waals surface area contributed by atoms with Crippen molar-refractivity contribution in [3.05, 3.63) is 59.7 Å². The van der Waals surface area contributed by atoms with Gasteiger partial charge in [0, 0.05) is 0 Å². The number of aliphatic hydroxyl groups excluding tert-OH is 1. The Hall–Kier alpha value is -2.33. The minimum Gasteiger partial charge on any atom is -0.493 e. The van der Waals surface area contributed by atoms with Crippen LogP contribution < -0.4 is 9.47 Å². The molecule has 0 amide bonds. The molecule has 0 heterocycles. The number of para-hydroxylation sites is 1. The predicted octanol–water partition coefficient (Wildman–Crippen LogP) is 2.84. The quantitative estimate of drug-likeness (QED) is 0.795. The van der Waals surface area contributed by atoms with Gasteiger partial charge in [0.25, 0.3) is 0 Å². The minimum absolute atomic E-state index is 0.0572. The zero-order valence-electron chi connectivity index (χ0n) is 11.9. The molecule has 0 saturated heterocycles. The van der Waals surface area contributed by atoms with Gasteiger partial charge >= 0.3 is 0 Å². The van der Waals surface area contributed by atoms with Gasteiger partial charge in [-0.3, -0.25) is 4.79 Å². The topological polar surface area (TPSA) is 55.8 Å². The molecule has 1 N–H and O–H groups in total. The number of hydrogen-bond donors (Lipinski definition) is 1. The Balaban J connectivity index is 2.04. The molecule has 2 aromatic rings. The number of hydrogen-bond acceptors (Lipinski definition) is 4. The van der Waals surface area contributed by atoms with Crippen LogP contribution in [0.5, 0.6) is 11.5 Å². The van der Waals surface area contributed by atoms with Crippen LogP contribution in [0, 0.1) is 0 Å². The first kappa shape index (κ1) is 15.1. The second-order valence-corrected chi connectivity index (χ2v) is 4.45. The molecule has 21 heavy (non-hydrogen) atoms. The molecule has 110 valence electrons. The average molecular weight is 286 g/mol. The Labute approximate surface area is 123 Å². The Bertz CT molecular complexity index is 607. The number of Topliss-reactive ketones (excluding diaryl/α,β-unsaturated/α-hetero) is 1. The van der Waals surface area contributed by atoms with Crippen LogP contribution in [-0.4, -0.2) is 24.1 Å². The molecule has 0 saturated carbocycles. The van der Waals surface area contributed by atoms with E-state index >= 15 is 0 Å². The lowest BCUT2D eigenvalue weighted by molar-refractivity contribution is 0.0917. The summed E-state index contributed by atoms with van der Waals surface area (Å²) < 4.78 is 10.9. The summed E-state index contributed by atoms with van der Waals surface area (Å²) in [5.74, 6) is 0.981. The van der Waals surface area contributed by atoms with E-state index in [1.807, 2.05) is 13.0 Å². The molecule has 0 bridgehead atoms. The fourth-order valence-electron chi connectivity index (χ4n) is 1.94. The third-order valence-electron chi connectivity index (χ3n) is 2.94. The van der Waals surface area contributed by atoms with Gasteiger partial charge in [-0.05, 0) is 36.8 Å². The third kappa shape index (κ3) is 4.07. The van der Waals surface area contributed by atoms with E-state index in [4.69, 9.17) is 14.6 Å². The summed E-state index contributed by atoms with van der Waals surface area (Å²) in [7, 11) is 0. The molecule has 0 fully saturated rings. The highest BCUT2D eigenvalue weighted by Crippen LogP contribution is 2.19. The molecule has 2 rings (SSSR count). The normalized spacial score (nSPS) is 10.2. The standard InChI is InChI=1S/C17H18O4/c1-2-20-17-9-4-3-8-15(17)16(19)12-21-14-7-5-6-13(10-14)11-18/h3-10,18H,2,11-12H2,1H3. The molecule has 0 spiro atoms. The third-order valence-corrected chi connectivity index (χ3v) is 2.94. The van der Waals surface area contributed by atoms with Crippen molar-refractivity contribution in [3.8, 4) is 11.5 Å². The van der Waals surface area contributed by atoms with Crippen molar-refractivity contribution in [1.29, 1.82) is 0 Å². The van der Waals surface area contributed by atoms with Crippen LogP contribution in [-0.2, 0) is 6.61 Å². The van der Waals surface area contributed by atoms with E-state index in [9.17, 15) is 4.79 Å². The van der Waals surface area contributed by atoms with Crippen LogP contribution >= 0.6 is 0 Å². The average Bonchev–Trinajstić information content (AvgIpc) is 2.53. The van der Waals surface area contributed by atoms with Crippen molar-refractivity contribution in [2.24, 2.45) is 0 Å². The van der Waals surface area contributed by atoms with Crippen LogP contribution in [0.25, 0.3) is 0 Å². The van der Waals surface area contributed by atoms with E-state index in [0.29, 0.717) is 23.7 Å². The lowest BCUT2D eigenvalue weighted by Gasteiger charge is -2.10. The summed E-state index contributed by atoms with van der Waals surface area (Å²) in [6, 6.07) is 14.1. The van der Waals surface area contributed by atoms with Gasteiger partial charge in [-0.1, -0.05) is 24.3 Å². The van der Waals surface area contributed by atoms with Crippen LogP contribution in [0.4, 0.5) is 0 Å². The molecule has 0 unspecified atom stereocenters. The fraction of sp³-hybridized carbons (Fsp3) is 0.235. The zero-order chi connectivity index (χ0) is 15.1. The van der Waals surface area contributed by atoms with Gasteiger partial charge in [0.05, 0.1) is 18.8 Å². The van der Waals surface area contributed by atoms with Crippen molar-refractivity contribution in [3.63, 3.8) is 0 Å². The van der Waals surface area contributed by atoms with Crippen LogP contribution in [0.15, 0.2) is 48.5 Å². The smallest absolute Gasteiger partial charge is 0.203 e. The van der Waals surface area contributed by atoms with Crippen LogP contribution in [0.2, 0.25) is 0 Å². The first-order valence-electron chi connectivity index (χ1n) is 6.82. The van der Waals surface area contributed by atoms with E-state index in [1.165, 1.54) is 0 Å². The molecule has 0 radical (unpaired) electrons. The number of benzene rings is 2. The van der Waals surface area contributed by atoms with E-state index in [1.54, 1.807) is 42.5 Å². The van der Waals surface area contributed by atoms with Crippen LogP contribution in [0.1, 0.15) is 22.8 Å². The first-order chi connectivity index (χ1) is 10.2. The lowest BCUT2D eigenvalue weighted by Crippen LogP contribution is -2.13. The van der Waals surface area contributed by atoms with Gasteiger partial charge in [0.1, 0.15) is 11.5 Å². The highest BCUT2D eigenvalue weighted by molar-refractivity contribution is 5.99. The Morgan fingerprint density at radius 3 is 2.67 bits per heavy atom. The molecule has 4 nitrogen and oxygen atoms in total. The van der Waals surface area contributed by atoms with Crippen molar-refractivity contribution >= 4 is 5.78 Å². The van der Waals surface area contributed by atoms with Crippen LogP contribution in [0.3, 0.4) is 0 Å². The number of carbonyl (C=O) groups is 1. The number of rotatable bonds is 7. The van der Waals surface area contributed by atoms with Gasteiger partial charge in [-0.15, -0.1) is 0 Å². The van der Waals surface area contributed by atoms with Gasteiger partial charge < -0.3 is 14.6 Å². The number of carbonyl (C=O) groups excluding carboxylic acids is 1. The van der Waals surface area contributed by atoms with Gasteiger partial charge in [0.2, 0.25) is 5.78 Å². The molecule has 4 heteroatoms. The van der Waals surface area contributed by atoms with E-state index in [2.05, 4.69) is 0 Å². The Morgan fingerprint density at radius 1 is 1.10 bits per heavy atom. The molecule has 0 aliphatic rings. The Morgan fingerprint density at radius 2 is 1.90 bits per heavy atom. The highest BCUT2D eigenvalue weighted by atomic mass is 16.5. The van der Waals surface area contributed by atoms with Crippen molar-refractivity contribution < 1.29 is 19.4 Å². The second-order valence-electron chi connectivity index (χ2n) is 4.45. The molecule has 0 aliphatic carbocycles. The molecule has 0 aliphatic heterocycles. The number of aliphatic hydroxyl groups is 1. The van der Waals surface area contributed by atoms with Crippen molar-refractivity contribution in [2.45, 2.75) is 13.5 Å².